The SMILES string of the molecule is O=C(NCC[NH+]1CCCCC1)c1sc2ccccc2c1Cl.[Cl-]. The van der Waals surface area contributed by atoms with Crippen LogP contribution in [0.25, 0.3) is 10.1 Å². The zero-order valence-electron chi connectivity index (χ0n) is 12.3. The molecule has 0 spiro atoms. The molecule has 2 heterocycles. The van der Waals surface area contributed by atoms with Crippen LogP contribution in [0.2, 0.25) is 5.02 Å². The summed E-state index contributed by atoms with van der Waals surface area (Å²) in [4.78, 5) is 14.5. The molecule has 1 saturated heterocycles. The first-order chi connectivity index (χ1) is 10.3. The van der Waals surface area contributed by atoms with Gasteiger partial charge in [0.05, 0.1) is 31.2 Å². The van der Waals surface area contributed by atoms with Crippen LogP contribution in [-0.2, 0) is 0 Å². The van der Waals surface area contributed by atoms with E-state index in [4.69, 9.17) is 11.6 Å². The molecule has 0 bridgehead atoms. The van der Waals surface area contributed by atoms with Crippen molar-refractivity contribution in [2.45, 2.75) is 19.3 Å². The van der Waals surface area contributed by atoms with E-state index in [1.54, 1.807) is 4.90 Å². The summed E-state index contributed by atoms with van der Waals surface area (Å²) in [5.41, 5.74) is 0. The number of piperidine rings is 1. The van der Waals surface area contributed by atoms with E-state index in [-0.39, 0.29) is 18.3 Å². The quantitative estimate of drug-likeness (QED) is 0.748. The molecule has 0 saturated carbocycles. The molecular formula is C16H20Cl2N2OS. The first-order valence-corrected chi connectivity index (χ1v) is 8.74. The van der Waals surface area contributed by atoms with Gasteiger partial charge in [0.1, 0.15) is 4.88 Å². The molecule has 3 nitrogen and oxygen atoms in total. The standard InChI is InChI=1S/C16H19ClN2OS.ClH/c17-14-12-6-2-3-7-13(12)21-15(14)16(20)18-8-11-19-9-4-1-5-10-19;/h2-3,6-7H,1,4-5,8-11H2,(H,18,20);1H. The van der Waals surface area contributed by atoms with Gasteiger partial charge in [0.15, 0.2) is 0 Å². The summed E-state index contributed by atoms with van der Waals surface area (Å²) in [5, 5.41) is 4.56. The minimum atomic E-state index is -0.0439. The third-order valence-electron chi connectivity index (χ3n) is 4.07. The van der Waals surface area contributed by atoms with Gasteiger partial charge in [-0.3, -0.25) is 4.79 Å². The Bertz CT molecular complexity index is 638. The van der Waals surface area contributed by atoms with E-state index in [2.05, 4.69) is 5.32 Å². The summed E-state index contributed by atoms with van der Waals surface area (Å²) in [7, 11) is 0. The lowest BCUT2D eigenvalue weighted by atomic mass is 10.1. The van der Waals surface area contributed by atoms with Crippen molar-refractivity contribution in [1.82, 2.24) is 5.32 Å². The number of halogens is 2. The monoisotopic (exact) mass is 358 g/mol. The number of carbonyl (C=O) groups excluding carboxylic acids is 1. The van der Waals surface area contributed by atoms with Gasteiger partial charge in [-0.25, -0.2) is 0 Å². The molecule has 2 aromatic rings. The zero-order chi connectivity index (χ0) is 14.7. The first-order valence-electron chi connectivity index (χ1n) is 7.54. The second kappa shape index (κ2) is 8.16. The van der Waals surface area contributed by atoms with Crippen molar-refractivity contribution in [3.8, 4) is 0 Å². The number of hydrogen-bond acceptors (Lipinski definition) is 2. The lowest BCUT2D eigenvalue weighted by Crippen LogP contribution is -3.13. The number of benzene rings is 1. The van der Waals surface area contributed by atoms with Crippen LogP contribution < -0.4 is 22.6 Å². The highest BCUT2D eigenvalue weighted by Gasteiger charge is 2.18. The number of likely N-dealkylation sites (tertiary alicyclic amines) is 1. The van der Waals surface area contributed by atoms with Crippen molar-refractivity contribution in [3.05, 3.63) is 34.2 Å². The van der Waals surface area contributed by atoms with Crippen LogP contribution in [0.1, 0.15) is 28.9 Å². The number of fused-ring (bicyclic) bond motifs is 1. The predicted molar refractivity (Wildman–Crippen MR) is 88.6 cm³/mol. The second-order valence-electron chi connectivity index (χ2n) is 5.56. The molecule has 2 N–H and O–H groups in total. The van der Waals surface area contributed by atoms with E-state index in [9.17, 15) is 4.79 Å². The molecule has 0 radical (unpaired) electrons. The topological polar surface area (TPSA) is 33.5 Å². The fourth-order valence-corrected chi connectivity index (χ4v) is 4.33. The van der Waals surface area contributed by atoms with Gasteiger partial charge in [-0.15, -0.1) is 11.3 Å². The third kappa shape index (κ3) is 3.93. The summed E-state index contributed by atoms with van der Waals surface area (Å²) >= 11 is 7.79. The highest BCUT2D eigenvalue weighted by Crippen LogP contribution is 2.34. The molecule has 0 unspecified atom stereocenters. The molecule has 1 amide bonds. The molecule has 3 rings (SSSR count). The maximum atomic E-state index is 12.3. The second-order valence-corrected chi connectivity index (χ2v) is 6.99. The van der Waals surface area contributed by atoms with E-state index in [0.717, 1.165) is 23.2 Å². The fraction of sp³-hybridized carbons (Fsp3) is 0.438. The Balaban J connectivity index is 0.00000176. The molecule has 1 aromatic carbocycles. The van der Waals surface area contributed by atoms with E-state index in [1.165, 1.54) is 43.7 Å². The average Bonchev–Trinajstić information content (AvgIpc) is 2.86. The Morgan fingerprint density at radius 3 is 2.68 bits per heavy atom. The Morgan fingerprint density at radius 1 is 1.23 bits per heavy atom. The Labute approximate surface area is 146 Å². The van der Waals surface area contributed by atoms with Gasteiger partial charge >= 0.3 is 0 Å². The molecule has 120 valence electrons. The van der Waals surface area contributed by atoms with Crippen molar-refractivity contribution in [2.75, 3.05) is 26.2 Å². The van der Waals surface area contributed by atoms with Crippen LogP contribution in [0.5, 0.6) is 0 Å². The maximum Gasteiger partial charge on any atom is 0.263 e. The van der Waals surface area contributed by atoms with Gasteiger partial charge in [-0.05, 0) is 25.3 Å². The van der Waals surface area contributed by atoms with Crippen LogP contribution in [0.3, 0.4) is 0 Å². The molecule has 6 heteroatoms. The largest absolute Gasteiger partial charge is 1.00 e. The Hall–Kier alpha value is -0.810. The number of quaternary nitrogens is 1. The number of carbonyl (C=O) groups is 1. The lowest BCUT2D eigenvalue weighted by Gasteiger charge is -2.23. The van der Waals surface area contributed by atoms with Crippen LogP contribution >= 0.6 is 22.9 Å². The molecule has 1 aromatic heterocycles. The van der Waals surface area contributed by atoms with Gasteiger partial charge in [0.25, 0.3) is 5.91 Å². The molecule has 0 atom stereocenters. The smallest absolute Gasteiger partial charge is 0.263 e. The summed E-state index contributed by atoms with van der Waals surface area (Å²) < 4.78 is 1.06. The lowest BCUT2D eigenvalue weighted by molar-refractivity contribution is -0.903. The minimum absolute atomic E-state index is 0. The molecule has 1 aliphatic heterocycles. The predicted octanol–water partition coefficient (Wildman–Crippen LogP) is -0.643. The third-order valence-corrected chi connectivity index (χ3v) is 5.74. The van der Waals surface area contributed by atoms with Crippen LogP contribution in [-0.4, -0.2) is 32.1 Å². The van der Waals surface area contributed by atoms with Crippen molar-refractivity contribution in [3.63, 3.8) is 0 Å². The number of rotatable bonds is 4. The van der Waals surface area contributed by atoms with Crippen LogP contribution in [0, 0.1) is 0 Å². The molecule has 22 heavy (non-hydrogen) atoms. The van der Waals surface area contributed by atoms with Crippen LogP contribution in [0.4, 0.5) is 0 Å². The molecular weight excluding hydrogens is 339 g/mol. The zero-order valence-corrected chi connectivity index (χ0v) is 14.7. The summed E-state index contributed by atoms with van der Waals surface area (Å²) in [6.45, 7) is 4.20. The van der Waals surface area contributed by atoms with Gasteiger partial charge in [0, 0.05) is 10.1 Å². The Morgan fingerprint density at radius 2 is 1.95 bits per heavy atom. The van der Waals surface area contributed by atoms with E-state index in [1.807, 2.05) is 24.3 Å². The number of hydrogen-bond donors (Lipinski definition) is 2. The fourth-order valence-electron chi connectivity index (χ4n) is 2.89. The van der Waals surface area contributed by atoms with Gasteiger partial charge in [-0.1, -0.05) is 29.8 Å². The molecule has 0 aliphatic carbocycles. The summed E-state index contributed by atoms with van der Waals surface area (Å²) in [6.07, 6.45) is 3.98. The van der Waals surface area contributed by atoms with Crippen molar-refractivity contribution < 1.29 is 22.1 Å². The minimum Gasteiger partial charge on any atom is -1.00 e. The van der Waals surface area contributed by atoms with Crippen molar-refractivity contribution in [1.29, 1.82) is 0 Å². The maximum absolute atomic E-state index is 12.3. The highest BCUT2D eigenvalue weighted by atomic mass is 35.5. The van der Waals surface area contributed by atoms with Gasteiger partial charge in [0.2, 0.25) is 0 Å². The number of amides is 1. The van der Waals surface area contributed by atoms with Crippen LogP contribution in [0.15, 0.2) is 24.3 Å². The van der Waals surface area contributed by atoms with E-state index in [0.29, 0.717) is 9.90 Å². The van der Waals surface area contributed by atoms with Crippen molar-refractivity contribution in [2.24, 2.45) is 0 Å². The number of thiophene rings is 1. The van der Waals surface area contributed by atoms with Crippen molar-refractivity contribution >= 4 is 38.9 Å². The highest BCUT2D eigenvalue weighted by molar-refractivity contribution is 7.21. The van der Waals surface area contributed by atoms with E-state index < -0.39 is 0 Å². The van der Waals surface area contributed by atoms with E-state index >= 15 is 0 Å². The molecule has 1 fully saturated rings. The average molecular weight is 359 g/mol. The molecule has 1 aliphatic rings. The summed E-state index contributed by atoms with van der Waals surface area (Å²) in [6, 6.07) is 7.88. The Kier molecular flexibility index (Phi) is 6.50. The van der Waals surface area contributed by atoms with Gasteiger partial charge in [-0.2, -0.15) is 0 Å². The van der Waals surface area contributed by atoms with Gasteiger partial charge < -0.3 is 22.6 Å². The number of nitrogens with one attached hydrogen (secondary N) is 2. The normalized spacial score (nSPS) is 15.5. The summed E-state index contributed by atoms with van der Waals surface area (Å²) in [5.74, 6) is -0.0439. The first kappa shape index (κ1) is 17.5.